The van der Waals surface area contributed by atoms with Crippen LogP contribution in [0.15, 0.2) is 36.4 Å². The number of likely N-dealkylation sites (tertiary alicyclic amines) is 1. The second-order valence-electron chi connectivity index (χ2n) is 10.3. The Kier molecular flexibility index (Phi) is 7.42. The maximum Gasteiger partial charge on any atom is 0.326 e. The lowest BCUT2D eigenvalue weighted by atomic mass is 9.86. The number of hydrogen-bond donors (Lipinski definition) is 3. The lowest BCUT2D eigenvalue weighted by Crippen LogP contribution is -2.56. The Morgan fingerprint density at radius 2 is 1.89 bits per heavy atom. The first-order valence-corrected chi connectivity index (χ1v) is 13.0. The van der Waals surface area contributed by atoms with Crippen LogP contribution in [0.2, 0.25) is 0 Å². The number of benzene rings is 1. The molecule has 3 N–H and O–H groups in total. The molecule has 1 aromatic carbocycles. The average Bonchev–Trinajstić information content (AvgIpc) is 3.56. The molecule has 3 aliphatic heterocycles. The minimum atomic E-state index is -1.04. The fraction of sp³-hybridized carbons (Fsp3) is 0.519. The van der Waals surface area contributed by atoms with Crippen LogP contribution in [0.25, 0.3) is 0 Å². The molecule has 3 fully saturated rings. The average molecular weight is 525 g/mol. The van der Waals surface area contributed by atoms with Crippen LogP contribution in [0.1, 0.15) is 36.8 Å². The molecule has 0 radical (unpaired) electrons. The van der Waals surface area contributed by atoms with Crippen molar-refractivity contribution >= 4 is 17.8 Å². The molecule has 5 rings (SSSR count). The normalized spacial score (nSPS) is 20.3. The van der Waals surface area contributed by atoms with Crippen molar-refractivity contribution in [2.45, 2.75) is 43.9 Å². The van der Waals surface area contributed by atoms with Gasteiger partial charge in [-0.2, -0.15) is 4.98 Å². The van der Waals surface area contributed by atoms with Crippen LogP contribution in [0.5, 0.6) is 11.6 Å². The van der Waals surface area contributed by atoms with Crippen molar-refractivity contribution in [2.75, 3.05) is 51.8 Å². The molecule has 1 atom stereocenters. The molecule has 11 nitrogen and oxygen atoms in total. The predicted molar refractivity (Wildman–Crippen MR) is 141 cm³/mol. The van der Waals surface area contributed by atoms with Crippen molar-refractivity contribution in [1.29, 1.82) is 0 Å². The van der Waals surface area contributed by atoms with E-state index >= 15 is 0 Å². The summed E-state index contributed by atoms with van der Waals surface area (Å²) in [6.07, 6.45) is 0.164. The summed E-state index contributed by atoms with van der Waals surface area (Å²) in [5.41, 5.74) is 7.74. The molecule has 4 heterocycles. The number of piperidine rings is 1. The van der Waals surface area contributed by atoms with Crippen LogP contribution >= 0.6 is 0 Å². The quantitative estimate of drug-likeness (QED) is 0.498. The summed E-state index contributed by atoms with van der Waals surface area (Å²) in [6.45, 7) is 4.84. The van der Waals surface area contributed by atoms with E-state index in [1.807, 2.05) is 41.3 Å². The maximum absolute atomic E-state index is 14.0. The fourth-order valence-corrected chi connectivity index (χ4v) is 5.75. The molecule has 1 spiro atoms. The van der Waals surface area contributed by atoms with Crippen LogP contribution in [-0.2, 0) is 11.3 Å². The molecule has 1 aromatic heterocycles. The van der Waals surface area contributed by atoms with Gasteiger partial charge in [-0.05, 0) is 49.6 Å². The van der Waals surface area contributed by atoms with E-state index in [0.717, 1.165) is 30.0 Å². The molecule has 0 bridgehead atoms. The molecule has 204 valence electrons. The number of pyridine rings is 1. The van der Waals surface area contributed by atoms with Crippen LogP contribution in [0.4, 0.5) is 10.6 Å². The van der Waals surface area contributed by atoms with Gasteiger partial charge in [-0.25, -0.2) is 4.79 Å². The van der Waals surface area contributed by atoms with E-state index in [-0.39, 0.29) is 17.9 Å². The third kappa shape index (κ3) is 4.89. The van der Waals surface area contributed by atoms with E-state index in [2.05, 4.69) is 10.9 Å². The number of carbonyl (C=O) groups is 2. The topological polar surface area (TPSA) is 120 Å². The second kappa shape index (κ2) is 10.8. The number of nitrogens with zero attached hydrogens (tertiary/aromatic N) is 4. The largest absolute Gasteiger partial charge is 0.497 e. The number of aromatic nitrogens is 1. The van der Waals surface area contributed by atoms with Crippen molar-refractivity contribution in [3.63, 3.8) is 0 Å². The first-order chi connectivity index (χ1) is 18.3. The number of rotatable bonds is 7. The molecule has 0 aliphatic carbocycles. The van der Waals surface area contributed by atoms with Crippen LogP contribution in [0, 0.1) is 0 Å². The fourth-order valence-electron chi connectivity index (χ4n) is 5.75. The van der Waals surface area contributed by atoms with E-state index in [1.165, 1.54) is 6.92 Å². The number of ether oxygens (including phenoxy) is 2. The van der Waals surface area contributed by atoms with Gasteiger partial charge in [0.05, 0.1) is 26.3 Å². The van der Waals surface area contributed by atoms with Crippen molar-refractivity contribution in [3.05, 3.63) is 47.5 Å². The third-order valence-corrected chi connectivity index (χ3v) is 7.93. The van der Waals surface area contributed by atoms with Crippen molar-refractivity contribution in [2.24, 2.45) is 0 Å². The number of aliphatic hydroxyl groups excluding tert-OH is 1. The van der Waals surface area contributed by atoms with Crippen molar-refractivity contribution in [3.8, 4) is 11.6 Å². The predicted octanol–water partition coefficient (Wildman–Crippen LogP) is 1.47. The molecule has 11 heteroatoms. The van der Waals surface area contributed by atoms with Gasteiger partial charge in [-0.1, -0.05) is 12.1 Å². The highest BCUT2D eigenvalue weighted by atomic mass is 16.5. The van der Waals surface area contributed by atoms with Gasteiger partial charge < -0.3 is 24.4 Å². The summed E-state index contributed by atoms with van der Waals surface area (Å²) in [5.74, 6) is 1.74. The minimum Gasteiger partial charge on any atom is -0.497 e. The number of hydrogen-bond acceptors (Lipinski definition) is 8. The van der Waals surface area contributed by atoms with E-state index in [4.69, 9.17) is 14.5 Å². The number of carbonyl (C=O) groups excluding carboxylic acids is 2. The zero-order valence-corrected chi connectivity index (χ0v) is 22.1. The molecule has 0 saturated carbocycles. The highest BCUT2D eigenvalue weighted by Gasteiger charge is 2.52. The first kappa shape index (κ1) is 26.2. The third-order valence-electron chi connectivity index (χ3n) is 7.93. The lowest BCUT2D eigenvalue weighted by molar-refractivity contribution is -0.141. The van der Waals surface area contributed by atoms with E-state index in [9.17, 15) is 14.7 Å². The van der Waals surface area contributed by atoms with E-state index < -0.39 is 11.6 Å². The number of urea groups is 1. The summed E-state index contributed by atoms with van der Waals surface area (Å²) >= 11 is 0. The maximum atomic E-state index is 14.0. The number of methoxy groups -OCH3 is 2. The van der Waals surface area contributed by atoms with Gasteiger partial charge in [0.1, 0.15) is 17.7 Å². The molecule has 3 amide bonds. The Hall–Kier alpha value is -3.41. The van der Waals surface area contributed by atoms with Gasteiger partial charge >= 0.3 is 6.03 Å². The SMILES string of the molecule is COc1cccc(CN2C(=O)N(c3ccc(C4CNNC4)c(OC)n3)CC23CCN(C(=O)C(C)O)CC3)c1. The smallest absolute Gasteiger partial charge is 0.326 e. The summed E-state index contributed by atoms with van der Waals surface area (Å²) in [7, 11) is 3.22. The van der Waals surface area contributed by atoms with Crippen LogP contribution in [0.3, 0.4) is 0 Å². The zero-order chi connectivity index (χ0) is 26.9. The molecular weight excluding hydrogens is 488 g/mol. The summed E-state index contributed by atoms with van der Waals surface area (Å²) < 4.78 is 11.0. The van der Waals surface area contributed by atoms with Gasteiger partial charge in [0.15, 0.2) is 0 Å². The summed E-state index contributed by atoms with van der Waals surface area (Å²) in [6, 6.07) is 11.5. The first-order valence-electron chi connectivity index (χ1n) is 13.0. The highest BCUT2D eigenvalue weighted by Crippen LogP contribution is 2.40. The number of aliphatic hydroxyl groups is 1. The Balaban J connectivity index is 1.45. The van der Waals surface area contributed by atoms with Crippen molar-refractivity contribution < 1.29 is 24.2 Å². The Morgan fingerprint density at radius 3 is 2.55 bits per heavy atom. The zero-order valence-electron chi connectivity index (χ0n) is 22.1. The number of amides is 3. The standard InChI is InChI=1S/C27H36N6O5/c1-18(34)25(35)31-11-9-27(10-12-31)17-32(26(36)33(27)16-19-5-4-6-21(13-19)37-2)23-8-7-22(24(30-23)38-3)20-14-28-29-15-20/h4-8,13,18,20,28-29,34H,9-12,14-17H2,1-3H3. The Bertz CT molecular complexity index is 1180. The van der Waals surface area contributed by atoms with Gasteiger partial charge in [0, 0.05) is 44.2 Å². The van der Waals surface area contributed by atoms with Gasteiger partial charge in [-0.15, -0.1) is 0 Å². The lowest BCUT2D eigenvalue weighted by Gasteiger charge is -2.44. The van der Waals surface area contributed by atoms with Crippen LogP contribution in [-0.4, -0.2) is 90.4 Å². The minimum absolute atomic E-state index is 0.130. The van der Waals surface area contributed by atoms with Gasteiger partial charge in [0.25, 0.3) is 5.91 Å². The summed E-state index contributed by atoms with van der Waals surface area (Å²) in [5, 5.41) is 9.81. The summed E-state index contributed by atoms with van der Waals surface area (Å²) in [4.78, 5) is 36.5. The Labute approximate surface area is 222 Å². The molecule has 1 unspecified atom stereocenters. The molecule has 3 saturated heterocycles. The molecular formula is C27H36N6O5. The monoisotopic (exact) mass is 524 g/mol. The van der Waals surface area contributed by atoms with Crippen LogP contribution < -0.4 is 25.2 Å². The Morgan fingerprint density at radius 1 is 1.16 bits per heavy atom. The number of nitrogens with one attached hydrogen (secondary N) is 2. The molecule has 2 aromatic rings. The van der Waals surface area contributed by atoms with Gasteiger partial charge in [0.2, 0.25) is 5.88 Å². The molecule has 3 aliphatic rings. The number of anilines is 1. The van der Waals surface area contributed by atoms with E-state index in [1.54, 1.807) is 24.0 Å². The highest BCUT2D eigenvalue weighted by molar-refractivity contribution is 5.94. The molecule has 38 heavy (non-hydrogen) atoms. The van der Waals surface area contributed by atoms with Crippen molar-refractivity contribution in [1.82, 2.24) is 25.6 Å². The van der Waals surface area contributed by atoms with E-state index in [0.29, 0.717) is 50.7 Å². The second-order valence-corrected chi connectivity index (χ2v) is 10.3. The number of hydrazine groups is 1. The van der Waals surface area contributed by atoms with Gasteiger partial charge in [-0.3, -0.25) is 20.5 Å².